The first kappa shape index (κ1) is 84.0. The highest BCUT2D eigenvalue weighted by Gasteiger charge is 2.47. The van der Waals surface area contributed by atoms with Gasteiger partial charge in [0.1, 0.15) is 42.0 Å². The summed E-state index contributed by atoms with van der Waals surface area (Å²) in [6.07, 6.45) is 2.15. The van der Waals surface area contributed by atoms with E-state index < -0.39 is 149 Å². The van der Waals surface area contributed by atoms with Crippen molar-refractivity contribution in [2.75, 3.05) is 82.1 Å². The Morgan fingerprint density at radius 3 is 1.44 bits per heavy atom. The third kappa shape index (κ3) is 22.5. The molecule has 0 unspecified atom stereocenters. The summed E-state index contributed by atoms with van der Waals surface area (Å²) in [5.74, 6) is -11.6. The Morgan fingerprint density at radius 2 is 0.968 bits per heavy atom. The molecule has 2 saturated heterocycles. The van der Waals surface area contributed by atoms with Crippen LogP contribution in [0.25, 0.3) is 0 Å². The van der Waals surface area contributed by atoms with Gasteiger partial charge in [-0.25, -0.2) is 0 Å². The van der Waals surface area contributed by atoms with Gasteiger partial charge in [-0.3, -0.25) is 62.4 Å². The Bertz CT molecular complexity index is 2640. The van der Waals surface area contributed by atoms with Crippen LogP contribution in [-0.4, -0.2) is 256 Å². The second-order valence-corrected chi connectivity index (χ2v) is 29.5. The van der Waals surface area contributed by atoms with Crippen molar-refractivity contribution in [3.05, 3.63) is 12.2 Å². The van der Waals surface area contributed by atoms with Gasteiger partial charge in [-0.1, -0.05) is 116 Å². The van der Waals surface area contributed by atoms with E-state index in [0.29, 0.717) is 39.1 Å². The number of ketones is 3. The summed E-state index contributed by atoms with van der Waals surface area (Å²) in [4.78, 5) is 189. The number of allylic oxidation sites excluding steroid dienone is 2. The number of carbonyl (C=O) groups is 12. The van der Waals surface area contributed by atoms with Crippen LogP contribution in [0.3, 0.4) is 0 Å². The van der Waals surface area contributed by atoms with Crippen LogP contribution in [0.15, 0.2) is 12.2 Å². The summed E-state index contributed by atoms with van der Waals surface area (Å²) in [5, 5.41) is 15.0. The lowest BCUT2D eigenvalue weighted by Crippen LogP contribution is -2.63. The van der Waals surface area contributed by atoms with Crippen LogP contribution in [0.2, 0.25) is 0 Å². The number of piperazine rings is 1. The summed E-state index contributed by atoms with van der Waals surface area (Å²) in [5.41, 5.74) is 0. The van der Waals surface area contributed by atoms with Gasteiger partial charge in [0.05, 0.1) is 18.2 Å². The van der Waals surface area contributed by atoms with Gasteiger partial charge in [0.25, 0.3) is 0 Å². The molecule has 14 atom stereocenters. The topological polar surface area (TPSA) is 266 Å². The summed E-state index contributed by atoms with van der Waals surface area (Å²) < 4.78 is 0. The minimum Gasteiger partial charge on any atom is -0.390 e. The Hall–Kier alpha value is -6.10. The van der Waals surface area contributed by atoms with Crippen LogP contribution in [0, 0.1) is 59.2 Å². The van der Waals surface area contributed by atoms with Gasteiger partial charge in [-0.2, -0.15) is 0 Å². The standard InChI is InChI=1S/C71H124N10O13/c1-26-28-29-46(13)63(86)62-64(87)72-53(27-2)68(91)73(19)50(17)66(89)78(24)61(49(16)40-80-30-32-81(33-31-80)51(18)82)59(85)39-52(44(9)10)67(90)74(20)54(34-41(3)4)58(84)37-47(14)57(83)38-48(15)65(88)75(21)55(35-42(5)6)69(92)76(22)56(36-43(7)8)70(93)77(23)60(45(11)12)71(94)79(62)25/h26,28,41-50,52-56,60-63,86H,27,29-40H2,1-25H3,(H,72,87)/b28-26+/t46-,47-,48+,49-,50-,52+,53+,54+,55+,56+,60+,61+,62+,63-/m1/s1. The smallest absolute Gasteiger partial charge is 0.246 e. The molecule has 0 aliphatic carbocycles. The van der Waals surface area contributed by atoms with Crippen LogP contribution in [-0.2, 0) is 57.5 Å². The number of nitrogens with zero attached hydrogens (tertiary/aromatic N) is 9. The van der Waals surface area contributed by atoms with E-state index >= 15 is 33.6 Å². The Labute approximate surface area is 564 Å². The average Bonchev–Trinajstić information content (AvgIpc) is 0.812. The fourth-order valence-electron chi connectivity index (χ4n) is 13.4. The molecule has 0 aromatic heterocycles. The van der Waals surface area contributed by atoms with E-state index in [9.17, 15) is 29.1 Å². The molecular weight excluding hydrogens is 1200 g/mol. The predicted molar refractivity (Wildman–Crippen MR) is 365 cm³/mol. The third-order valence-electron chi connectivity index (χ3n) is 19.6. The number of rotatable bonds is 16. The minimum atomic E-state index is -1.63. The number of aliphatic hydroxyl groups excluding tert-OH is 1. The lowest BCUT2D eigenvalue weighted by Gasteiger charge is -2.41. The van der Waals surface area contributed by atoms with E-state index in [2.05, 4.69) is 10.2 Å². The van der Waals surface area contributed by atoms with E-state index in [1.807, 2.05) is 54.5 Å². The fraction of sp³-hybridized carbons (Fsp3) is 0.803. The highest BCUT2D eigenvalue weighted by Crippen LogP contribution is 2.30. The molecule has 9 amide bonds. The second-order valence-electron chi connectivity index (χ2n) is 29.5. The molecule has 2 N–H and O–H groups in total. The Kier molecular flexibility index (Phi) is 34.0. The molecule has 23 nitrogen and oxygen atoms in total. The van der Waals surface area contributed by atoms with Crippen LogP contribution in [0.4, 0.5) is 0 Å². The van der Waals surface area contributed by atoms with E-state index in [0.717, 1.165) is 4.90 Å². The first-order valence-electron chi connectivity index (χ1n) is 34.5. The number of Topliss-reactive ketones (excluding diaryl/α,β-unsaturated/α-hetero) is 3. The normalized spacial score (nSPS) is 28.0. The molecule has 0 saturated carbocycles. The van der Waals surface area contributed by atoms with Gasteiger partial charge < -0.3 is 49.6 Å². The van der Waals surface area contributed by atoms with Gasteiger partial charge in [0.15, 0.2) is 11.6 Å². The third-order valence-corrected chi connectivity index (χ3v) is 19.6. The van der Waals surface area contributed by atoms with Crippen molar-refractivity contribution in [3.63, 3.8) is 0 Å². The van der Waals surface area contributed by atoms with Crippen LogP contribution in [0.5, 0.6) is 0 Å². The summed E-state index contributed by atoms with van der Waals surface area (Å²) >= 11 is 0. The quantitative estimate of drug-likeness (QED) is 0.176. The number of nitrogens with one attached hydrogen (secondary N) is 1. The molecule has 0 aromatic rings. The molecule has 0 bridgehead atoms. The molecule has 2 aliphatic rings. The predicted octanol–water partition coefficient (Wildman–Crippen LogP) is 5.68. The molecule has 2 rings (SSSR count). The first-order chi connectivity index (χ1) is 43.5. The van der Waals surface area contributed by atoms with Crippen molar-refractivity contribution in [2.45, 2.75) is 230 Å². The van der Waals surface area contributed by atoms with E-state index in [1.54, 1.807) is 73.3 Å². The summed E-state index contributed by atoms with van der Waals surface area (Å²) in [6.45, 7) is 34.0. The molecule has 23 heteroatoms. The van der Waals surface area contributed by atoms with Gasteiger partial charge in [0.2, 0.25) is 53.2 Å². The molecular formula is C71H124N10O13. The van der Waals surface area contributed by atoms with E-state index in [-0.39, 0.29) is 80.2 Å². The van der Waals surface area contributed by atoms with Crippen LogP contribution >= 0.6 is 0 Å². The molecule has 2 heterocycles. The lowest BCUT2D eigenvalue weighted by molar-refractivity contribution is -0.157. The molecule has 0 radical (unpaired) electrons. The van der Waals surface area contributed by atoms with Gasteiger partial charge in [0, 0.05) is 126 Å². The molecule has 2 aliphatic heterocycles. The van der Waals surface area contributed by atoms with Crippen LogP contribution in [0.1, 0.15) is 176 Å². The summed E-state index contributed by atoms with van der Waals surface area (Å²) in [7, 11) is 10.2. The number of carbonyl (C=O) groups excluding carboxylic acids is 12. The average molecular weight is 1330 g/mol. The Morgan fingerprint density at radius 1 is 0.511 bits per heavy atom. The second kappa shape index (κ2) is 38.0. The number of likely N-dealkylation sites (N-methyl/N-ethyl adjacent to an activating group) is 7. The molecule has 536 valence electrons. The maximum Gasteiger partial charge on any atom is 0.246 e. The van der Waals surface area contributed by atoms with Crippen molar-refractivity contribution < 1.29 is 62.6 Å². The highest BCUT2D eigenvalue weighted by molar-refractivity contribution is 6.00. The van der Waals surface area contributed by atoms with Crippen molar-refractivity contribution in [1.82, 2.24) is 49.4 Å². The largest absolute Gasteiger partial charge is 0.390 e. The fourth-order valence-corrected chi connectivity index (χ4v) is 13.4. The molecule has 0 aromatic carbocycles. The van der Waals surface area contributed by atoms with E-state index in [4.69, 9.17) is 0 Å². The van der Waals surface area contributed by atoms with Crippen molar-refractivity contribution in [3.8, 4) is 0 Å². The van der Waals surface area contributed by atoms with Crippen molar-refractivity contribution in [1.29, 1.82) is 0 Å². The van der Waals surface area contributed by atoms with Crippen molar-refractivity contribution in [2.24, 2.45) is 59.2 Å². The minimum absolute atomic E-state index is 0.00544. The summed E-state index contributed by atoms with van der Waals surface area (Å²) in [6, 6.07) is -9.81. The number of hydrogen-bond donors (Lipinski definition) is 2. The van der Waals surface area contributed by atoms with Gasteiger partial charge in [-0.15, -0.1) is 0 Å². The number of hydrogen-bond acceptors (Lipinski definition) is 14. The lowest BCUT2D eigenvalue weighted by atomic mass is 9.83. The van der Waals surface area contributed by atoms with Gasteiger partial charge in [-0.05, 0) is 87.4 Å². The number of amides is 9. The number of aliphatic hydroxyl groups is 1. The zero-order valence-corrected chi connectivity index (χ0v) is 62.2. The molecule has 2 fully saturated rings. The van der Waals surface area contributed by atoms with Gasteiger partial charge >= 0.3 is 0 Å². The monoisotopic (exact) mass is 1320 g/mol. The molecule has 94 heavy (non-hydrogen) atoms. The maximum absolute atomic E-state index is 15.3. The SMILES string of the molecule is C/C=C/C[C@@H](C)[C@@H](O)[C@H]1C(=O)N[C@@H](CC)C(=O)N(C)[C@H](C)C(=O)N(C)[C@@H]([C@H](C)CN2CCN(C(C)=O)CC2)C(=O)C[C@@H](C(C)C)C(=O)N(C)[C@@H](CC(C)C)C(=O)C[C@@H](C)C(=O)C[C@H](C)C(=O)N(C)[C@@H](CC(C)C)C(=O)N(C)[C@@H](CC(C)C)C(=O)N(C)[C@@H](C(C)C)C(=O)N1C. The zero-order chi connectivity index (χ0) is 72.4. The highest BCUT2D eigenvalue weighted by atomic mass is 16.3. The molecule has 0 spiro atoms. The van der Waals surface area contributed by atoms with E-state index in [1.165, 1.54) is 92.6 Å². The van der Waals surface area contributed by atoms with Crippen LogP contribution < -0.4 is 5.32 Å². The first-order valence-corrected chi connectivity index (χ1v) is 34.5. The van der Waals surface area contributed by atoms with Crippen molar-refractivity contribution >= 4 is 70.5 Å². The maximum atomic E-state index is 15.3. The Balaban J connectivity index is 3.06. The zero-order valence-electron chi connectivity index (χ0n) is 62.2.